The van der Waals surface area contributed by atoms with Crippen LogP contribution in [-0.2, 0) is 0 Å². The lowest BCUT2D eigenvalue weighted by Gasteiger charge is -2.03. The van der Waals surface area contributed by atoms with Crippen LogP contribution < -0.4 is 0 Å². The van der Waals surface area contributed by atoms with Crippen molar-refractivity contribution in [1.82, 2.24) is 15.0 Å². The van der Waals surface area contributed by atoms with E-state index >= 15 is 0 Å². The zero-order valence-corrected chi connectivity index (χ0v) is 9.17. The maximum Gasteiger partial charge on any atom is 0.144 e. The molecule has 1 saturated carbocycles. The molecule has 2 aromatic heterocycles. The summed E-state index contributed by atoms with van der Waals surface area (Å²) in [6, 6.07) is 7.59. The SMILES string of the molecule is N#Cc1cc(-c2ccncc2)nc(C2CC2)n1. The lowest BCUT2D eigenvalue weighted by atomic mass is 10.1. The lowest BCUT2D eigenvalue weighted by molar-refractivity contribution is 0.922. The van der Waals surface area contributed by atoms with Crippen molar-refractivity contribution in [1.29, 1.82) is 5.26 Å². The van der Waals surface area contributed by atoms with Crippen molar-refractivity contribution >= 4 is 0 Å². The summed E-state index contributed by atoms with van der Waals surface area (Å²) >= 11 is 0. The second kappa shape index (κ2) is 3.95. The van der Waals surface area contributed by atoms with Crippen LogP contribution in [-0.4, -0.2) is 15.0 Å². The summed E-state index contributed by atoms with van der Waals surface area (Å²) in [4.78, 5) is 12.8. The first kappa shape index (κ1) is 9.91. The first-order valence-corrected chi connectivity index (χ1v) is 5.56. The Morgan fingerprint density at radius 3 is 2.59 bits per heavy atom. The first-order chi connectivity index (χ1) is 8.36. The summed E-state index contributed by atoms with van der Waals surface area (Å²) in [5, 5.41) is 8.98. The number of rotatable bonds is 2. The second-order valence-corrected chi connectivity index (χ2v) is 4.12. The Morgan fingerprint density at radius 2 is 1.94 bits per heavy atom. The van der Waals surface area contributed by atoms with E-state index in [0.717, 1.165) is 29.9 Å². The average Bonchev–Trinajstić information content (AvgIpc) is 3.23. The second-order valence-electron chi connectivity index (χ2n) is 4.12. The molecule has 3 rings (SSSR count). The molecule has 1 aliphatic rings. The summed E-state index contributed by atoms with van der Waals surface area (Å²) in [5.41, 5.74) is 2.22. The Labute approximate surface area is 99.0 Å². The Bertz CT molecular complexity index is 582. The predicted octanol–water partition coefficient (Wildman–Crippen LogP) is 2.29. The molecule has 0 unspecified atom stereocenters. The highest BCUT2D eigenvalue weighted by Crippen LogP contribution is 2.38. The monoisotopic (exact) mass is 222 g/mol. The van der Waals surface area contributed by atoms with E-state index in [4.69, 9.17) is 5.26 Å². The first-order valence-electron chi connectivity index (χ1n) is 5.56. The molecule has 2 heterocycles. The van der Waals surface area contributed by atoms with E-state index in [0.29, 0.717) is 11.6 Å². The van der Waals surface area contributed by atoms with Crippen molar-refractivity contribution in [3.05, 3.63) is 42.1 Å². The van der Waals surface area contributed by atoms with Gasteiger partial charge in [-0.25, -0.2) is 9.97 Å². The van der Waals surface area contributed by atoms with Crippen molar-refractivity contribution in [3.63, 3.8) is 0 Å². The van der Waals surface area contributed by atoms with Crippen LogP contribution in [0.4, 0.5) is 0 Å². The molecule has 0 bridgehead atoms. The summed E-state index contributed by atoms with van der Waals surface area (Å²) in [6.45, 7) is 0. The van der Waals surface area contributed by atoms with Gasteiger partial charge < -0.3 is 0 Å². The van der Waals surface area contributed by atoms with E-state index in [2.05, 4.69) is 21.0 Å². The number of hydrogen-bond donors (Lipinski definition) is 0. The van der Waals surface area contributed by atoms with Crippen molar-refractivity contribution in [2.75, 3.05) is 0 Å². The third-order valence-corrected chi connectivity index (χ3v) is 2.78. The molecule has 0 saturated heterocycles. The number of hydrogen-bond acceptors (Lipinski definition) is 4. The highest BCUT2D eigenvalue weighted by atomic mass is 14.9. The zero-order chi connectivity index (χ0) is 11.7. The zero-order valence-electron chi connectivity index (χ0n) is 9.17. The summed E-state index contributed by atoms with van der Waals surface area (Å²) in [6.07, 6.45) is 5.70. The molecule has 82 valence electrons. The van der Waals surface area contributed by atoms with E-state index in [-0.39, 0.29) is 0 Å². The van der Waals surface area contributed by atoms with Gasteiger partial charge in [0.2, 0.25) is 0 Å². The molecule has 4 nitrogen and oxygen atoms in total. The van der Waals surface area contributed by atoms with E-state index in [1.54, 1.807) is 18.5 Å². The molecule has 1 aliphatic carbocycles. The van der Waals surface area contributed by atoms with Crippen molar-refractivity contribution < 1.29 is 0 Å². The van der Waals surface area contributed by atoms with Crippen LogP contribution in [0, 0.1) is 11.3 Å². The van der Waals surface area contributed by atoms with Crippen LogP contribution >= 0.6 is 0 Å². The standard InChI is InChI=1S/C13H10N4/c14-8-11-7-12(9-3-5-15-6-4-9)17-13(16-11)10-1-2-10/h3-7,10H,1-2H2. The van der Waals surface area contributed by atoms with Gasteiger partial charge in [-0.15, -0.1) is 0 Å². The van der Waals surface area contributed by atoms with E-state index in [1.807, 2.05) is 12.1 Å². The molecule has 0 atom stereocenters. The Balaban J connectivity index is 2.10. The molecular formula is C13H10N4. The number of aromatic nitrogens is 3. The highest BCUT2D eigenvalue weighted by Gasteiger charge is 2.27. The Kier molecular flexibility index (Phi) is 2.30. The van der Waals surface area contributed by atoms with Crippen LogP contribution in [0.2, 0.25) is 0 Å². The van der Waals surface area contributed by atoms with Crippen molar-refractivity contribution in [2.45, 2.75) is 18.8 Å². The van der Waals surface area contributed by atoms with Gasteiger partial charge in [-0.3, -0.25) is 4.98 Å². The number of nitriles is 1. The molecule has 0 aliphatic heterocycles. The largest absolute Gasteiger partial charge is 0.265 e. The van der Waals surface area contributed by atoms with Gasteiger partial charge in [0, 0.05) is 29.9 Å². The summed E-state index contributed by atoms with van der Waals surface area (Å²) < 4.78 is 0. The average molecular weight is 222 g/mol. The van der Waals surface area contributed by atoms with Gasteiger partial charge in [0.15, 0.2) is 0 Å². The van der Waals surface area contributed by atoms with E-state index < -0.39 is 0 Å². The molecule has 2 aromatic rings. The molecule has 17 heavy (non-hydrogen) atoms. The van der Waals surface area contributed by atoms with Crippen LogP contribution in [0.25, 0.3) is 11.3 Å². The van der Waals surface area contributed by atoms with Crippen molar-refractivity contribution in [2.24, 2.45) is 0 Å². The fourth-order valence-corrected chi connectivity index (χ4v) is 1.72. The fraction of sp³-hybridized carbons (Fsp3) is 0.231. The van der Waals surface area contributed by atoms with Gasteiger partial charge in [0.1, 0.15) is 17.6 Å². The molecule has 4 heteroatoms. The molecule has 0 amide bonds. The van der Waals surface area contributed by atoms with Gasteiger partial charge in [-0.2, -0.15) is 5.26 Å². The van der Waals surface area contributed by atoms with Gasteiger partial charge in [-0.1, -0.05) is 0 Å². The minimum atomic E-state index is 0.439. The maximum absolute atomic E-state index is 8.98. The molecule has 1 fully saturated rings. The summed E-state index contributed by atoms with van der Waals surface area (Å²) in [7, 11) is 0. The van der Waals surface area contributed by atoms with Gasteiger partial charge in [-0.05, 0) is 25.0 Å². The van der Waals surface area contributed by atoms with E-state index in [1.165, 1.54) is 0 Å². The third kappa shape index (κ3) is 2.00. The topological polar surface area (TPSA) is 62.5 Å². The minimum absolute atomic E-state index is 0.439. The quantitative estimate of drug-likeness (QED) is 0.782. The predicted molar refractivity (Wildman–Crippen MR) is 62.0 cm³/mol. The van der Waals surface area contributed by atoms with E-state index in [9.17, 15) is 0 Å². The third-order valence-electron chi connectivity index (χ3n) is 2.78. The van der Waals surface area contributed by atoms with Gasteiger partial charge >= 0.3 is 0 Å². The Morgan fingerprint density at radius 1 is 1.18 bits per heavy atom. The van der Waals surface area contributed by atoms with Crippen LogP contribution in [0.15, 0.2) is 30.6 Å². The molecule has 0 radical (unpaired) electrons. The molecule has 0 N–H and O–H groups in total. The lowest BCUT2D eigenvalue weighted by Crippen LogP contribution is -1.98. The fourth-order valence-electron chi connectivity index (χ4n) is 1.72. The minimum Gasteiger partial charge on any atom is -0.265 e. The normalized spacial score (nSPS) is 14.3. The van der Waals surface area contributed by atoms with Crippen molar-refractivity contribution in [3.8, 4) is 17.3 Å². The summed E-state index contributed by atoms with van der Waals surface area (Å²) in [5.74, 6) is 1.25. The van der Waals surface area contributed by atoms with Crippen LogP contribution in [0.5, 0.6) is 0 Å². The molecular weight excluding hydrogens is 212 g/mol. The van der Waals surface area contributed by atoms with Crippen LogP contribution in [0.1, 0.15) is 30.3 Å². The maximum atomic E-state index is 8.98. The van der Waals surface area contributed by atoms with Gasteiger partial charge in [0.05, 0.1) is 5.69 Å². The molecule has 0 spiro atoms. The highest BCUT2D eigenvalue weighted by molar-refractivity contribution is 5.59. The Hall–Kier alpha value is -2.28. The molecule has 0 aromatic carbocycles. The van der Waals surface area contributed by atoms with Gasteiger partial charge in [0.25, 0.3) is 0 Å². The number of pyridine rings is 1. The number of nitrogens with zero attached hydrogens (tertiary/aromatic N) is 4. The smallest absolute Gasteiger partial charge is 0.144 e. The van der Waals surface area contributed by atoms with Crippen LogP contribution in [0.3, 0.4) is 0 Å².